The lowest BCUT2D eigenvalue weighted by Crippen LogP contribution is -2.31. The monoisotopic (exact) mass is 406 g/mol. The Morgan fingerprint density at radius 2 is 1.74 bits per heavy atom. The Morgan fingerprint density at radius 3 is 2.26 bits per heavy atom. The Balaban J connectivity index is 2.04. The Morgan fingerprint density at radius 1 is 1.11 bits per heavy atom. The van der Waals surface area contributed by atoms with Crippen molar-refractivity contribution in [1.29, 1.82) is 0 Å². The van der Waals surface area contributed by atoms with Crippen LogP contribution in [0.1, 0.15) is 5.69 Å². The lowest BCUT2D eigenvalue weighted by Gasteiger charge is -2.13. The molecule has 1 heterocycles. The van der Waals surface area contributed by atoms with Gasteiger partial charge in [-0.3, -0.25) is 4.79 Å². The molecule has 0 aliphatic carbocycles. The molecule has 0 saturated heterocycles. The van der Waals surface area contributed by atoms with Gasteiger partial charge in [-0.15, -0.1) is 13.2 Å². The molecular weight excluding hydrogens is 389 g/mol. The van der Waals surface area contributed by atoms with Gasteiger partial charge in [0.2, 0.25) is 10.0 Å². The molecule has 1 N–H and O–H groups in total. The second-order valence-electron chi connectivity index (χ2n) is 5.44. The number of benzene rings is 1. The first kappa shape index (κ1) is 20.8. The summed E-state index contributed by atoms with van der Waals surface area (Å²) in [6.07, 6.45) is -4.86. The quantitative estimate of drug-likeness (QED) is 0.761. The van der Waals surface area contributed by atoms with Crippen LogP contribution in [0, 0.1) is 6.92 Å². The predicted octanol–water partition coefficient (Wildman–Crippen LogP) is 2.04. The molecule has 0 saturated carbocycles. The average Bonchev–Trinajstić information content (AvgIpc) is 2.56. The minimum Gasteiger partial charge on any atom is -0.496 e. The van der Waals surface area contributed by atoms with Crippen LogP contribution >= 0.6 is 0 Å². The maximum absolute atomic E-state index is 12.2. The number of methoxy groups -OCH3 is 1. The van der Waals surface area contributed by atoms with Crippen LogP contribution in [0.4, 0.5) is 13.2 Å². The van der Waals surface area contributed by atoms with Crippen molar-refractivity contribution in [2.24, 2.45) is 0 Å². The Hall–Kier alpha value is -2.53. The van der Waals surface area contributed by atoms with Crippen molar-refractivity contribution < 1.29 is 31.1 Å². The third-order valence-electron chi connectivity index (χ3n) is 3.54. The van der Waals surface area contributed by atoms with E-state index in [2.05, 4.69) is 9.46 Å². The third-order valence-corrected chi connectivity index (χ3v) is 5.02. The number of pyridine rings is 1. The number of nitrogens with zero attached hydrogens (tertiary/aromatic N) is 1. The molecule has 0 atom stereocenters. The summed E-state index contributed by atoms with van der Waals surface area (Å²) in [6, 6.07) is 6.71. The van der Waals surface area contributed by atoms with Crippen LogP contribution in [0.2, 0.25) is 0 Å². The molecule has 0 unspecified atom stereocenters. The normalized spacial score (nSPS) is 12.0. The van der Waals surface area contributed by atoms with Crippen LogP contribution in [0.15, 0.2) is 46.1 Å². The zero-order valence-electron chi connectivity index (χ0n) is 14.4. The number of hydrogen-bond acceptors (Lipinski definition) is 5. The highest BCUT2D eigenvalue weighted by Crippen LogP contribution is 2.23. The summed E-state index contributed by atoms with van der Waals surface area (Å²) in [6.45, 7) is 1.66. The van der Waals surface area contributed by atoms with Crippen molar-refractivity contribution in [3.63, 3.8) is 0 Å². The van der Waals surface area contributed by atoms with Gasteiger partial charge in [0.05, 0.1) is 12.0 Å². The number of sulfonamides is 1. The van der Waals surface area contributed by atoms with E-state index in [9.17, 15) is 26.4 Å². The number of ether oxygens (including phenoxy) is 2. The first-order valence-corrected chi connectivity index (χ1v) is 9.11. The molecule has 1 aromatic carbocycles. The lowest BCUT2D eigenvalue weighted by molar-refractivity contribution is -0.274. The summed E-state index contributed by atoms with van der Waals surface area (Å²) in [4.78, 5) is 11.8. The van der Waals surface area contributed by atoms with Gasteiger partial charge in [-0.1, -0.05) is 0 Å². The van der Waals surface area contributed by atoms with Crippen molar-refractivity contribution in [1.82, 2.24) is 9.29 Å². The zero-order valence-corrected chi connectivity index (χ0v) is 15.2. The van der Waals surface area contributed by atoms with Crippen LogP contribution in [0.3, 0.4) is 0 Å². The maximum atomic E-state index is 12.2. The molecule has 148 valence electrons. The molecule has 0 fully saturated rings. The van der Waals surface area contributed by atoms with Crippen molar-refractivity contribution in [3.8, 4) is 11.5 Å². The van der Waals surface area contributed by atoms with Gasteiger partial charge in [-0.05, 0) is 37.3 Å². The highest BCUT2D eigenvalue weighted by molar-refractivity contribution is 7.89. The van der Waals surface area contributed by atoms with Gasteiger partial charge >= 0.3 is 6.36 Å². The van der Waals surface area contributed by atoms with Gasteiger partial charge in [-0.25, -0.2) is 13.1 Å². The lowest BCUT2D eigenvalue weighted by atomic mass is 10.3. The predicted molar refractivity (Wildman–Crippen MR) is 90.3 cm³/mol. The molecule has 0 aliphatic rings. The van der Waals surface area contributed by atoms with E-state index in [-0.39, 0.29) is 23.5 Å². The second kappa shape index (κ2) is 8.01. The summed E-state index contributed by atoms with van der Waals surface area (Å²) in [7, 11) is -2.53. The Kier molecular flexibility index (Phi) is 6.16. The van der Waals surface area contributed by atoms with E-state index in [1.807, 2.05) is 0 Å². The number of rotatable bonds is 7. The van der Waals surface area contributed by atoms with E-state index in [0.29, 0.717) is 11.4 Å². The molecule has 0 aliphatic heterocycles. The van der Waals surface area contributed by atoms with E-state index in [0.717, 1.165) is 24.3 Å². The van der Waals surface area contributed by atoms with E-state index in [1.165, 1.54) is 17.7 Å². The van der Waals surface area contributed by atoms with Gasteiger partial charge in [-0.2, -0.15) is 0 Å². The molecule has 2 rings (SSSR count). The molecule has 0 spiro atoms. The van der Waals surface area contributed by atoms with Gasteiger partial charge in [0, 0.05) is 24.8 Å². The molecular formula is C16H17F3N2O5S. The number of aromatic nitrogens is 1. The minimum atomic E-state index is -4.86. The fourth-order valence-electron chi connectivity index (χ4n) is 2.30. The van der Waals surface area contributed by atoms with Crippen LogP contribution in [-0.4, -0.2) is 33.0 Å². The molecule has 0 radical (unpaired) electrons. The van der Waals surface area contributed by atoms with Gasteiger partial charge in [0.1, 0.15) is 11.5 Å². The summed E-state index contributed by atoms with van der Waals surface area (Å²) < 4.78 is 73.1. The average molecular weight is 406 g/mol. The van der Waals surface area contributed by atoms with Crippen molar-refractivity contribution in [2.45, 2.75) is 24.7 Å². The number of halogens is 3. The number of alkyl halides is 3. The number of hydrogen-bond donors (Lipinski definition) is 1. The first-order chi connectivity index (χ1) is 12.5. The standard InChI is InChI=1S/C16H17F3N2O5S/c1-11-9-13(25-2)10-15(22)21(11)8-7-20-27(23,24)14-5-3-12(4-6-14)26-16(17,18)19/h3-6,9-10,20H,7-8H2,1-2H3. The fraction of sp³-hybridized carbons (Fsp3) is 0.312. The first-order valence-electron chi connectivity index (χ1n) is 7.63. The highest BCUT2D eigenvalue weighted by Gasteiger charge is 2.31. The smallest absolute Gasteiger partial charge is 0.496 e. The van der Waals surface area contributed by atoms with Crippen LogP contribution < -0.4 is 19.8 Å². The summed E-state index contributed by atoms with van der Waals surface area (Å²) in [5.41, 5.74) is 0.243. The number of aryl methyl sites for hydroxylation is 1. The molecule has 1 aromatic heterocycles. The van der Waals surface area contributed by atoms with Crippen molar-refractivity contribution in [3.05, 3.63) is 52.4 Å². The molecule has 7 nitrogen and oxygen atoms in total. The van der Waals surface area contributed by atoms with Crippen LogP contribution in [0.25, 0.3) is 0 Å². The summed E-state index contributed by atoms with van der Waals surface area (Å²) >= 11 is 0. The van der Waals surface area contributed by atoms with Crippen LogP contribution in [-0.2, 0) is 16.6 Å². The molecule has 0 amide bonds. The molecule has 0 bridgehead atoms. The van der Waals surface area contributed by atoms with E-state index in [4.69, 9.17) is 4.74 Å². The van der Waals surface area contributed by atoms with Gasteiger partial charge in [0.25, 0.3) is 5.56 Å². The summed E-state index contributed by atoms with van der Waals surface area (Å²) in [5, 5.41) is 0. The SMILES string of the molecule is COc1cc(C)n(CCNS(=O)(=O)c2ccc(OC(F)(F)F)cc2)c(=O)c1. The van der Waals surface area contributed by atoms with Crippen molar-refractivity contribution >= 4 is 10.0 Å². The molecule has 11 heteroatoms. The molecule has 2 aromatic rings. The Labute approximate surface area is 153 Å². The fourth-order valence-corrected chi connectivity index (χ4v) is 3.32. The highest BCUT2D eigenvalue weighted by atomic mass is 32.2. The largest absolute Gasteiger partial charge is 0.573 e. The Bertz CT molecular complexity index is 954. The zero-order chi connectivity index (χ0) is 20.2. The topological polar surface area (TPSA) is 86.6 Å². The van der Waals surface area contributed by atoms with E-state index in [1.54, 1.807) is 13.0 Å². The summed E-state index contributed by atoms with van der Waals surface area (Å²) in [5.74, 6) is -0.127. The number of nitrogens with one attached hydrogen (secondary N) is 1. The van der Waals surface area contributed by atoms with E-state index >= 15 is 0 Å². The maximum Gasteiger partial charge on any atom is 0.573 e. The van der Waals surface area contributed by atoms with Gasteiger partial charge < -0.3 is 14.0 Å². The minimum absolute atomic E-state index is 0.0726. The van der Waals surface area contributed by atoms with Gasteiger partial charge in [0.15, 0.2) is 0 Å². The molecule has 27 heavy (non-hydrogen) atoms. The second-order valence-corrected chi connectivity index (χ2v) is 7.21. The van der Waals surface area contributed by atoms with Crippen LogP contribution in [0.5, 0.6) is 11.5 Å². The van der Waals surface area contributed by atoms with Crippen molar-refractivity contribution in [2.75, 3.05) is 13.7 Å². The van der Waals surface area contributed by atoms with E-state index < -0.39 is 22.1 Å². The third kappa shape index (κ3) is 5.73.